The van der Waals surface area contributed by atoms with Crippen molar-refractivity contribution < 1.29 is 9.59 Å². The molecular weight excluding hydrogens is 254 g/mol. The molecule has 0 spiro atoms. The standard InChI is InChI=1S/C12H9NO2S2/c14-11-7-3-1-2-6-8-5-16-17-9(8)4-13(10(6)7)12(11)15/h4-5,7H,1-3H2. The third-order valence-electron chi connectivity index (χ3n) is 3.71. The average molecular weight is 263 g/mol. The van der Waals surface area contributed by atoms with Crippen LogP contribution >= 0.6 is 21.6 Å². The lowest BCUT2D eigenvalue weighted by molar-refractivity contribution is -0.139. The number of hydrogen-bond acceptors (Lipinski definition) is 4. The highest BCUT2D eigenvalue weighted by Gasteiger charge is 2.48. The predicted molar refractivity (Wildman–Crippen MR) is 67.6 cm³/mol. The van der Waals surface area contributed by atoms with Crippen molar-refractivity contribution in [3.63, 3.8) is 0 Å². The van der Waals surface area contributed by atoms with Gasteiger partial charge in [-0.2, -0.15) is 0 Å². The van der Waals surface area contributed by atoms with E-state index in [0.717, 1.165) is 29.9 Å². The van der Waals surface area contributed by atoms with Gasteiger partial charge in [0.15, 0.2) is 0 Å². The van der Waals surface area contributed by atoms with Crippen molar-refractivity contribution in [2.45, 2.75) is 19.3 Å². The fourth-order valence-corrected chi connectivity index (χ4v) is 5.11. The molecule has 0 radical (unpaired) electrons. The van der Waals surface area contributed by atoms with Gasteiger partial charge in [-0.3, -0.25) is 14.5 Å². The van der Waals surface area contributed by atoms with Gasteiger partial charge in [0.25, 0.3) is 5.91 Å². The van der Waals surface area contributed by atoms with Crippen LogP contribution in [0.1, 0.15) is 19.3 Å². The largest absolute Gasteiger partial charge is 0.298 e. The van der Waals surface area contributed by atoms with E-state index < -0.39 is 0 Å². The second kappa shape index (κ2) is 3.29. The molecule has 17 heavy (non-hydrogen) atoms. The molecule has 4 aliphatic rings. The lowest BCUT2D eigenvalue weighted by Crippen LogP contribution is -2.24. The van der Waals surface area contributed by atoms with Crippen LogP contribution in [-0.4, -0.2) is 16.6 Å². The molecule has 3 nitrogen and oxygen atoms in total. The van der Waals surface area contributed by atoms with Crippen LogP contribution in [0.2, 0.25) is 0 Å². The Hall–Kier alpha value is -0.940. The molecule has 0 bridgehead atoms. The summed E-state index contributed by atoms with van der Waals surface area (Å²) in [5, 5.41) is 2.14. The zero-order chi connectivity index (χ0) is 11.6. The van der Waals surface area contributed by atoms with E-state index in [9.17, 15) is 9.59 Å². The Labute approximate surface area is 106 Å². The Morgan fingerprint density at radius 1 is 1.35 bits per heavy atom. The summed E-state index contributed by atoms with van der Waals surface area (Å²) in [5.74, 6) is -0.721. The summed E-state index contributed by atoms with van der Waals surface area (Å²) in [6.07, 6.45) is 4.68. The molecule has 0 aromatic heterocycles. The summed E-state index contributed by atoms with van der Waals surface area (Å²) in [5.41, 5.74) is 3.46. The molecule has 4 rings (SSSR count). The van der Waals surface area contributed by atoms with Gasteiger partial charge in [-0.15, -0.1) is 0 Å². The highest BCUT2D eigenvalue weighted by molar-refractivity contribution is 8.79. The first-order valence-electron chi connectivity index (χ1n) is 5.64. The molecule has 1 unspecified atom stereocenters. The second-order valence-corrected chi connectivity index (χ2v) is 6.66. The molecule has 0 aromatic carbocycles. The zero-order valence-corrected chi connectivity index (χ0v) is 10.6. The molecule has 3 aliphatic heterocycles. The lowest BCUT2D eigenvalue weighted by Gasteiger charge is -2.29. The molecule has 1 fully saturated rings. The maximum atomic E-state index is 11.9. The molecule has 0 aromatic rings. The van der Waals surface area contributed by atoms with Crippen LogP contribution in [0, 0.1) is 5.92 Å². The van der Waals surface area contributed by atoms with E-state index in [1.54, 1.807) is 26.5 Å². The molecule has 1 amide bonds. The number of ketones is 1. The fourth-order valence-electron chi connectivity index (χ4n) is 2.96. The molecule has 5 heteroatoms. The molecule has 1 atom stereocenters. The number of Topliss-reactive ketones (excluding diaryl/α,β-unsaturated/α-hetero) is 1. The van der Waals surface area contributed by atoms with Gasteiger partial charge in [-0.25, -0.2) is 0 Å². The van der Waals surface area contributed by atoms with E-state index >= 15 is 0 Å². The zero-order valence-electron chi connectivity index (χ0n) is 8.93. The first-order chi connectivity index (χ1) is 8.27. The predicted octanol–water partition coefficient (Wildman–Crippen LogP) is 2.59. The summed E-state index contributed by atoms with van der Waals surface area (Å²) < 4.78 is 0. The molecule has 0 N–H and O–H groups in total. The highest BCUT2D eigenvalue weighted by Crippen LogP contribution is 2.54. The Kier molecular flexibility index (Phi) is 1.94. The van der Waals surface area contributed by atoms with E-state index in [1.165, 1.54) is 11.1 Å². The number of amides is 1. The normalized spacial score (nSPS) is 30.4. The van der Waals surface area contributed by atoms with Gasteiger partial charge in [0, 0.05) is 22.4 Å². The van der Waals surface area contributed by atoms with Crippen LogP contribution in [-0.2, 0) is 9.59 Å². The maximum absolute atomic E-state index is 11.9. The van der Waals surface area contributed by atoms with Gasteiger partial charge < -0.3 is 0 Å². The van der Waals surface area contributed by atoms with Crippen molar-refractivity contribution in [2.75, 3.05) is 0 Å². The minimum absolute atomic E-state index is 0.166. The Bertz CT molecular complexity index is 559. The van der Waals surface area contributed by atoms with Crippen LogP contribution in [0.5, 0.6) is 0 Å². The van der Waals surface area contributed by atoms with Crippen molar-refractivity contribution in [2.24, 2.45) is 5.92 Å². The second-order valence-electron chi connectivity index (χ2n) is 4.55. The lowest BCUT2D eigenvalue weighted by atomic mass is 9.83. The Morgan fingerprint density at radius 2 is 2.24 bits per heavy atom. The number of rotatable bonds is 0. The molecule has 86 valence electrons. The van der Waals surface area contributed by atoms with E-state index in [-0.39, 0.29) is 17.6 Å². The van der Waals surface area contributed by atoms with Crippen molar-refractivity contribution in [1.29, 1.82) is 0 Å². The van der Waals surface area contributed by atoms with Gasteiger partial charge >= 0.3 is 0 Å². The average Bonchev–Trinajstić information content (AvgIpc) is 2.91. The quantitative estimate of drug-likeness (QED) is 0.497. The van der Waals surface area contributed by atoms with Crippen LogP contribution in [0.4, 0.5) is 0 Å². The van der Waals surface area contributed by atoms with Crippen LogP contribution in [0.3, 0.4) is 0 Å². The number of allylic oxidation sites excluding steroid dienone is 3. The number of carbonyl (C=O) groups excluding carboxylic acids is 2. The number of nitrogens with zero attached hydrogens (tertiary/aromatic N) is 1. The summed E-state index contributed by atoms with van der Waals surface area (Å²) in [6.45, 7) is 0. The van der Waals surface area contributed by atoms with E-state index in [1.807, 2.05) is 6.20 Å². The van der Waals surface area contributed by atoms with Crippen LogP contribution in [0.15, 0.2) is 33.4 Å². The summed E-state index contributed by atoms with van der Waals surface area (Å²) >= 11 is 0. The van der Waals surface area contributed by atoms with Crippen molar-refractivity contribution in [3.05, 3.63) is 33.4 Å². The molecule has 1 aliphatic carbocycles. The van der Waals surface area contributed by atoms with Crippen molar-refractivity contribution in [1.82, 2.24) is 4.90 Å². The van der Waals surface area contributed by atoms with E-state index in [4.69, 9.17) is 0 Å². The van der Waals surface area contributed by atoms with Gasteiger partial charge in [-0.05, 0) is 30.2 Å². The van der Waals surface area contributed by atoms with Crippen molar-refractivity contribution >= 4 is 33.3 Å². The molecule has 3 heterocycles. The third-order valence-corrected chi connectivity index (χ3v) is 5.75. The molecule has 1 saturated heterocycles. The number of hydrogen-bond donors (Lipinski definition) is 0. The monoisotopic (exact) mass is 263 g/mol. The van der Waals surface area contributed by atoms with Gasteiger partial charge in [0.1, 0.15) is 0 Å². The third kappa shape index (κ3) is 1.16. The minimum atomic E-state index is -0.339. The topological polar surface area (TPSA) is 37.4 Å². The summed E-state index contributed by atoms with van der Waals surface area (Å²) in [4.78, 5) is 26.6. The first kappa shape index (κ1) is 10.0. The smallest absolute Gasteiger partial charge is 0.288 e. The minimum Gasteiger partial charge on any atom is -0.288 e. The highest BCUT2D eigenvalue weighted by atomic mass is 33.1. The Balaban J connectivity index is 1.97. The van der Waals surface area contributed by atoms with Crippen LogP contribution in [0.25, 0.3) is 0 Å². The fraction of sp³-hybridized carbons (Fsp3) is 0.333. The SMILES string of the molecule is O=C1C(=O)N2C=C3SSC=C3C3=C2C1CCC3. The first-order valence-corrected chi connectivity index (χ1v) is 7.85. The van der Waals surface area contributed by atoms with Crippen LogP contribution < -0.4 is 0 Å². The van der Waals surface area contributed by atoms with Crippen molar-refractivity contribution in [3.8, 4) is 0 Å². The Morgan fingerprint density at radius 3 is 3.12 bits per heavy atom. The number of fused-ring (bicyclic) bond motifs is 2. The van der Waals surface area contributed by atoms with Gasteiger partial charge in [0.2, 0.25) is 5.78 Å². The van der Waals surface area contributed by atoms with E-state index in [2.05, 4.69) is 5.41 Å². The molecule has 0 saturated carbocycles. The maximum Gasteiger partial charge on any atom is 0.298 e. The van der Waals surface area contributed by atoms with Gasteiger partial charge in [-0.1, -0.05) is 21.6 Å². The summed E-state index contributed by atoms with van der Waals surface area (Å²) in [6, 6.07) is 0. The molecular formula is C12H9NO2S2. The van der Waals surface area contributed by atoms with E-state index in [0.29, 0.717) is 0 Å². The van der Waals surface area contributed by atoms with Gasteiger partial charge in [0.05, 0.1) is 5.92 Å². The summed E-state index contributed by atoms with van der Waals surface area (Å²) in [7, 11) is 3.36. The number of carbonyl (C=O) groups is 2.